The summed E-state index contributed by atoms with van der Waals surface area (Å²) < 4.78 is 31.6. The average molecular weight is 288 g/mol. The molecule has 16 heavy (non-hydrogen) atoms. The number of aromatic carboxylic acids is 1. The van der Waals surface area contributed by atoms with Gasteiger partial charge in [-0.2, -0.15) is 13.2 Å². The van der Waals surface area contributed by atoms with Crippen LogP contribution < -0.4 is 5.11 Å². The number of carboxylic acids is 1. The molecular weight excluding hydrogens is 280 g/mol. The number of alkyl halides is 3. The van der Waals surface area contributed by atoms with Gasteiger partial charge in [0.1, 0.15) is 6.61 Å². The standard InChI is InChI=1S/C6H5NO2.C2H3F3O.Zn/c8-6(9)5-3-1-2-4-7-5;3-2(4,5)1-6;/h1-4H,(H,8,9);6H,1H2;/p-1. The van der Waals surface area contributed by atoms with Crippen molar-refractivity contribution in [3.05, 3.63) is 30.1 Å². The molecule has 0 aliphatic heterocycles. The SMILES string of the molecule is O=C([O-])c1ccccn1.OCC(F)(F)F.[Zn]. The fraction of sp³-hybridized carbons (Fsp3) is 0.250. The van der Waals surface area contributed by atoms with Gasteiger partial charge in [0.05, 0.1) is 11.7 Å². The van der Waals surface area contributed by atoms with Gasteiger partial charge in [0.2, 0.25) is 0 Å². The first-order valence-corrected chi connectivity index (χ1v) is 3.67. The molecule has 86 valence electrons. The molecule has 0 saturated heterocycles. The average Bonchev–Trinajstić information content (AvgIpc) is 2.19. The summed E-state index contributed by atoms with van der Waals surface area (Å²) in [6.07, 6.45) is -2.99. The van der Waals surface area contributed by atoms with Gasteiger partial charge in [-0.25, -0.2) is 0 Å². The van der Waals surface area contributed by atoms with Crippen LogP contribution in [0.2, 0.25) is 0 Å². The fourth-order valence-corrected chi connectivity index (χ4v) is 0.484. The first-order chi connectivity index (χ1) is 6.87. The van der Waals surface area contributed by atoms with E-state index < -0.39 is 18.8 Å². The third-order valence-electron chi connectivity index (χ3n) is 1.05. The summed E-state index contributed by atoms with van der Waals surface area (Å²) in [5, 5.41) is 17.3. The van der Waals surface area contributed by atoms with Crippen LogP contribution in [0.1, 0.15) is 10.5 Å². The molecule has 1 rings (SSSR count). The van der Waals surface area contributed by atoms with Crippen molar-refractivity contribution in [2.75, 3.05) is 6.61 Å². The molecule has 0 atom stereocenters. The molecule has 0 aliphatic carbocycles. The summed E-state index contributed by atoms with van der Waals surface area (Å²) in [4.78, 5) is 13.5. The Morgan fingerprint density at radius 2 is 1.94 bits per heavy atom. The Bertz CT molecular complexity index is 305. The molecule has 0 spiro atoms. The fourth-order valence-electron chi connectivity index (χ4n) is 0.484. The van der Waals surface area contributed by atoms with Crippen molar-refractivity contribution < 1.29 is 47.7 Å². The Morgan fingerprint density at radius 3 is 2.12 bits per heavy atom. The number of aliphatic hydroxyl groups excluding tert-OH is 1. The van der Waals surface area contributed by atoms with Gasteiger partial charge >= 0.3 is 6.18 Å². The maximum Gasteiger partial charge on any atom is 0.411 e. The first kappa shape index (κ1) is 17.4. The number of carbonyl (C=O) groups excluding carboxylic acids is 1. The molecule has 0 saturated carbocycles. The molecule has 0 fully saturated rings. The van der Waals surface area contributed by atoms with Crippen LogP contribution in [0.15, 0.2) is 24.4 Å². The van der Waals surface area contributed by atoms with Crippen molar-refractivity contribution in [2.24, 2.45) is 0 Å². The monoisotopic (exact) mass is 286 g/mol. The van der Waals surface area contributed by atoms with E-state index in [-0.39, 0.29) is 25.2 Å². The van der Waals surface area contributed by atoms with E-state index in [9.17, 15) is 23.1 Å². The second-order valence-electron chi connectivity index (χ2n) is 2.28. The largest absolute Gasteiger partial charge is 0.543 e. The Morgan fingerprint density at radius 1 is 1.44 bits per heavy atom. The normalized spacial score (nSPS) is 9.50. The van der Waals surface area contributed by atoms with Gasteiger partial charge in [0.25, 0.3) is 0 Å². The predicted octanol–water partition coefficient (Wildman–Crippen LogP) is -0.0164. The van der Waals surface area contributed by atoms with Crippen LogP contribution in [0.25, 0.3) is 0 Å². The van der Waals surface area contributed by atoms with Crippen LogP contribution in [0.4, 0.5) is 13.2 Å². The Balaban J connectivity index is 0. The molecule has 1 N–H and O–H groups in total. The van der Waals surface area contributed by atoms with Gasteiger partial charge in [0.15, 0.2) is 0 Å². The molecule has 8 heteroatoms. The zero-order valence-corrected chi connectivity index (χ0v) is 11.0. The summed E-state index contributed by atoms with van der Waals surface area (Å²) in [6.45, 7) is -1.73. The summed E-state index contributed by atoms with van der Waals surface area (Å²) >= 11 is 0. The number of halogens is 3. The van der Waals surface area contributed by atoms with Crippen molar-refractivity contribution in [1.82, 2.24) is 4.98 Å². The van der Waals surface area contributed by atoms with E-state index in [0.29, 0.717) is 0 Å². The smallest absolute Gasteiger partial charge is 0.411 e. The Labute approximate surface area is 102 Å². The van der Waals surface area contributed by atoms with Crippen molar-refractivity contribution in [3.8, 4) is 0 Å². The van der Waals surface area contributed by atoms with E-state index in [2.05, 4.69) is 4.98 Å². The topological polar surface area (TPSA) is 73.2 Å². The Hall–Kier alpha value is -1.01. The molecule has 0 bridgehead atoms. The minimum absolute atomic E-state index is 0. The number of carbonyl (C=O) groups is 1. The number of aromatic nitrogens is 1. The van der Waals surface area contributed by atoms with E-state index in [1.807, 2.05) is 0 Å². The number of hydrogen-bond donors (Lipinski definition) is 1. The van der Waals surface area contributed by atoms with Crippen molar-refractivity contribution in [2.45, 2.75) is 6.18 Å². The number of nitrogens with zero attached hydrogens (tertiary/aromatic N) is 1. The molecule has 0 radical (unpaired) electrons. The van der Waals surface area contributed by atoms with E-state index in [1.165, 1.54) is 12.3 Å². The number of rotatable bonds is 1. The third-order valence-corrected chi connectivity index (χ3v) is 1.05. The second-order valence-corrected chi connectivity index (χ2v) is 2.28. The molecule has 1 aromatic heterocycles. The molecule has 1 heterocycles. The molecule has 0 aromatic carbocycles. The van der Waals surface area contributed by atoms with Crippen molar-refractivity contribution in [1.29, 1.82) is 0 Å². The van der Waals surface area contributed by atoms with Crippen LogP contribution in [-0.2, 0) is 19.5 Å². The predicted molar refractivity (Wildman–Crippen MR) is 41.7 cm³/mol. The quantitative estimate of drug-likeness (QED) is 0.737. The summed E-state index contributed by atoms with van der Waals surface area (Å²) in [5.41, 5.74) is -0.0301. The molecule has 0 aliphatic rings. The summed E-state index contributed by atoms with van der Waals surface area (Å²) in [6, 6.07) is 4.62. The molecular formula is C8H7F3NO3Zn-. The number of carboxylic acid groups (broad SMARTS) is 1. The van der Waals surface area contributed by atoms with E-state index >= 15 is 0 Å². The van der Waals surface area contributed by atoms with Crippen molar-refractivity contribution in [3.63, 3.8) is 0 Å². The number of hydrogen-bond acceptors (Lipinski definition) is 4. The van der Waals surface area contributed by atoms with Crippen LogP contribution in [0, 0.1) is 0 Å². The number of pyridine rings is 1. The molecule has 1 aromatic rings. The van der Waals surface area contributed by atoms with Crippen molar-refractivity contribution >= 4 is 5.97 Å². The van der Waals surface area contributed by atoms with E-state index in [4.69, 9.17) is 5.11 Å². The van der Waals surface area contributed by atoms with Gasteiger partial charge in [-0.15, -0.1) is 0 Å². The first-order valence-electron chi connectivity index (χ1n) is 3.67. The molecule has 0 amide bonds. The molecule has 4 nitrogen and oxygen atoms in total. The van der Waals surface area contributed by atoms with Gasteiger partial charge < -0.3 is 15.0 Å². The summed E-state index contributed by atoms with van der Waals surface area (Å²) in [5.74, 6) is -1.24. The zero-order valence-electron chi connectivity index (χ0n) is 8.07. The molecule has 0 unspecified atom stereocenters. The second kappa shape index (κ2) is 8.18. The summed E-state index contributed by atoms with van der Waals surface area (Å²) in [7, 11) is 0. The van der Waals surface area contributed by atoms with Crippen LogP contribution in [-0.4, -0.2) is 28.8 Å². The maximum absolute atomic E-state index is 10.5. The Kier molecular flexibility index (Phi) is 8.89. The van der Waals surface area contributed by atoms with E-state index in [0.717, 1.165) is 0 Å². The minimum Gasteiger partial charge on any atom is -0.543 e. The van der Waals surface area contributed by atoms with Gasteiger partial charge in [-0.05, 0) is 12.1 Å². The van der Waals surface area contributed by atoms with Gasteiger partial charge in [-0.3, -0.25) is 4.98 Å². The van der Waals surface area contributed by atoms with Crippen LogP contribution in [0.3, 0.4) is 0 Å². The zero-order chi connectivity index (χ0) is 11.9. The maximum atomic E-state index is 10.5. The van der Waals surface area contributed by atoms with Gasteiger partial charge in [-0.1, -0.05) is 6.07 Å². The third kappa shape index (κ3) is 9.54. The van der Waals surface area contributed by atoms with Crippen LogP contribution in [0.5, 0.6) is 0 Å². The van der Waals surface area contributed by atoms with Gasteiger partial charge in [0, 0.05) is 25.7 Å². The van der Waals surface area contributed by atoms with Crippen LogP contribution >= 0.6 is 0 Å². The number of aliphatic hydroxyl groups is 1. The van der Waals surface area contributed by atoms with E-state index in [1.54, 1.807) is 12.1 Å². The minimum atomic E-state index is -4.40.